The van der Waals surface area contributed by atoms with E-state index >= 15 is 0 Å². The molecule has 2 aliphatic rings. The molecule has 1 fully saturated rings. The molecule has 4 heteroatoms. The summed E-state index contributed by atoms with van der Waals surface area (Å²) in [6, 6.07) is 17.3. The summed E-state index contributed by atoms with van der Waals surface area (Å²) in [5.74, 6) is 1.03. The van der Waals surface area contributed by atoms with Gasteiger partial charge in [0.05, 0.1) is 13.2 Å². The van der Waals surface area contributed by atoms with Crippen LogP contribution in [-0.2, 0) is 17.8 Å². The van der Waals surface area contributed by atoms with Crippen LogP contribution in [0, 0.1) is 0 Å². The predicted molar refractivity (Wildman–Crippen MR) is 95.5 cm³/mol. The molecular formula is C20H24N2O2. The molecule has 24 heavy (non-hydrogen) atoms. The number of rotatable bonds is 3. The minimum Gasteiger partial charge on any atom is -0.492 e. The molecule has 0 aromatic heterocycles. The number of nitrogens with zero attached hydrogens (tertiary/aromatic N) is 2. The summed E-state index contributed by atoms with van der Waals surface area (Å²) < 4.78 is 11.4. The van der Waals surface area contributed by atoms with Gasteiger partial charge in [-0.15, -0.1) is 0 Å². The molecule has 0 atom stereocenters. The Labute approximate surface area is 143 Å². The van der Waals surface area contributed by atoms with Crippen molar-refractivity contribution in [2.75, 3.05) is 44.4 Å². The van der Waals surface area contributed by atoms with Crippen LogP contribution in [0.25, 0.3) is 0 Å². The predicted octanol–water partition coefficient (Wildman–Crippen LogP) is 2.92. The van der Waals surface area contributed by atoms with Crippen LogP contribution in [0.4, 0.5) is 5.69 Å². The SMILES string of the molecule is c1ccc(CN2CCOc3ccc(N4CCOCC4)cc3C2)cc1. The Morgan fingerprint density at radius 2 is 1.71 bits per heavy atom. The number of benzene rings is 2. The van der Waals surface area contributed by atoms with Gasteiger partial charge in [-0.1, -0.05) is 30.3 Å². The standard InChI is InChI=1S/C20H24N2O2/c1-2-4-17(5-3-1)15-21-8-13-24-20-7-6-19(14-18(20)16-21)22-9-11-23-12-10-22/h1-7,14H,8-13,15-16H2. The summed E-state index contributed by atoms with van der Waals surface area (Å²) in [5, 5.41) is 0. The maximum absolute atomic E-state index is 5.97. The smallest absolute Gasteiger partial charge is 0.124 e. The molecule has 0 saturated carbocycles. The second-order valence-electron chi connectivity index (χ2n) is 6.44. The molecule has 2 aliphatic heterocycles. The van der Waals surface area contributed by atoms with E-state index in [4.69, 9.17) is 9.47 Å². The van der Waals surface area contributed by atoms with Gasteiger partial charge in [0.1, 0.15) is 12.4 Å². The van der Waals surface area contributed by atoms with E-state index in [1.807, 2.05) is 0 Å². The van der Waals surface area contributed by atoms with Crippen LogP contribution in [-0.4, -0.2) is 44.4 Å². The Balaban J connectivity index is 1.52. The molecule has 2 aromatic rings. The van der Waals surface area contributed by atoms with Gasteiger partial charge in [-0.2, -0.15) is 0 Å². The zero-order valence-electron chi connectivity index (χ0n) is 14.0. The van der Waals surface area contributed by atoms with E-state index < -0.39 is 0 Å². The molecule has 0 spiro atoms. The monoisotopic (exact) mass is 324 g/mol. The fourth-order valence-corrected chi connectivity index (χ4v) is 3.43. The van der Waals surface area contributed by atoms with Gasteiger partial charge in [-0.25, -0.2) is 0 Å². The van der Waals surface area contributed by atoms with E-state index in [1.165, 1.54) is 16.8 Å². The van der Waals surface area contributed by atoms with Crippen molar-refractivity contribution in [1.82, 2.24) is 4.90 Å². The first kappa shape index (κ1) is 15.5. The van der Waals surface area contributed by atoms with Crippen LogP contribution >= 0.6 is 0 Å². The largest absolute Gasteiger partial charge is 0.492 e. The number of hydrogen-bond donors (Lipinski definition) is 0. The molecular weight excluding hydrogens is 300 g/mol. The lowest BCUT2D eigenvalue weighted by molar-refractivity contribution is 0.122. The zero-order chi connectivity index (χ0) is 16.2. The quantitative estimate of drug-likeness (QED) is 0.867. The van der Waals surface area contributed by atoms with Crippen molar-refractivity contribution in [3.63, 3.8) is 0 Å². The van der Waals surface area contributed by atoms with E-state index in [9.17, 15) is 0 Å². The van der Waals surface area contributed by atoms with Gasteiger partial charge >= 0.3 is 0 Å². The van der Waals surface area contributed by atoms with Gasteiger partial charge in [0.2, 0.25) is 0 Å². The number of hydrogen-bond acceptors (Lipinski definition) is 4. The fraction of sp³-hybridized carbons (Fsp3) is 0.400. The van der Waals surface area contributed by atoms with E-state index in [2.05, 4.69) is 58.3 Å². The molecule has 0 unspecified atom stereocenters. The number of ether oxygens (including phenoxy) is 2. The van der Waals surface area contributed by atoms with Crippen LogP contribution in [0.1, 0.15) is 11.1 Å². The Morgan fingerprint density at radius 3 is 2.54 bits per heavy atom. The van der Waals surface area contributed by atoms with Gasteiger partial charge in [0.25, 0.3) is 0 Å². The zero-order valence-corrected chi connectivity index (χ0v) is 14.0. The molecule has 0 amide bonds. The van der Waals surface area contributed by atoms with Gasteiger partial charge in [-0.3, -0.25) is 4.90 Å². The van der Waals surface area contributed by atoms with Crippen molar-refractivity contribution in [3.8, 4) is 5.75 Å². The van der Waals surface area contributed by atoms with E-state index in [-0.39, 0.29) is 0 Å². The first-order chi connectivity index (χ1) is 11.9. The Morgan fingerprint density at radius 1 is 0.875 bits per heavy atom. The third-order valence-corrected chi connectivity index (χ3v) is 4.73. The first-order valence-electron chi connectivity index (χ1n) is 8.73. The van der Waals surface area contributed by atoms with Gasteiger partial charge in [0.15, 0.2) is 0 Å². The van der Waals surface area contributed by atoms with E-state index in [1.54, 1.807) is 0 Å². The topological polar surface area (TPSA) is 24.9 Å². The van der Waals surface area contributed by atoms with E-state index in [0.29, 0.717) is 0 Å². The van der Waals surface area contributed by atoms with Crippen molar-refractivity contribution in [2.45, 2.75) is 13.1 Å². The van der Waals surface area contributed by atoms with Crippen LogP contribution in [0.5, 0.6) is 5.75 Å². The lowest BCUT2D eigenvalue weighted by atomic mass is 10.1. The van der Waals surface area contributed by atoms with Crippen molar-refractivity contribution in [1.29, 1.82) is 0 Å². The Bertz CT molecular complexity index is 669. The molecule has 4 nitrogen and oxygen atoms in total. The van der Waals surface area contributed by atoms with Crippen molar-refractivity contribution in [2.24, 2.45) is 0 Å². The van der Waals surface area contributed by atoms with E-state index in [0.717, 1.165) is 58.3 Å². The highest BCUT2D eigenvalue weighted by molar-refractivity contribution is 5.53. The molecule has 126 valence electrons. The Hall–Kier alpha value is -2.04. The van der Waals surface area contributed by atoms with Gasteiger partial charge in [0, 0.05) is 44.0 Å². The minimum absolute atomic E-state index is 0.747. The maximum atomic E-state index is 5.97. The summed E-state index contributed by atoms with van der Waals surface area (Å²) in [6.07, 6.45) is 0. The molecule has 0 radical (unpaired) electrons. The Kier molecular flexibility index (Phi) is 4.67. The first-order valence-corrected chi connectivity index (χ1v) is 8.73. The molecule has 2 heterocycles. The molecule has 0 bridgehead atoms. The van der Waals surface area contributed by atoms with Crippen LogP contribution in [0.2, 0.25) is 0 Å². The number of fused-ring (bicyclic) bond motifs is 1. The molecule has 4 rings (SSSR count). The minimum atomic E-state index is 0.747. The summed E-state index contributed by atoms with van der Waals surface area (Å²) in [5.41, 5.74) is 3.92. The summed E-state index contributed by atoms with van der Waals surface area (Å²) in [7, 11) is 0. The van der Waals surface area contributed by atoms with Crippen LogP contribution < -0.4 is 9.64 Å². The third kappa shape index (κ3) is 3.55. The fourth-order valence-electron chi connectivity index (χ4n) is 3.43. The average Bonchev–Trinajstić information content (AvgIpc) is 2.84. The number of morpholine rings is 1. The lowest BCUT2D eigenvalue weighted by Crippen LogP contribution is -2.36. The van der Waals surface area contributed by atoms with Crippen LogP contribution in [0.3, 0.4) is 0 Å². The summed E-state index contributed by atoms with van der Waals surface area (Å²) in [4.78, 5) is 4.86. The number of anilines is 1. The lowest BCUT2D eigenvalue weighted by Gasteiger charge is -2.29. The second kappa shape index (κ2) is 7.24. The molecule has 1 saturated heterocycles. The highest BCUT2D eigenvalue weighted by atomic mass is 16.5. The highest BCUT2D eigenvalue weighted by Gasteiger charge is 2.18. The molecule has 2 aromatic carbocycles. The second-order valence-corrected chi connectivity index (χ2v) is 6.44. The van der Waals surface area contributed by atoms with Crippen LogP contribution in [0.15, 0.2) is 48.5 Å². The van der Waals surface area contributed by atoms with Gasteiger partial charge in [-0.05, 0) is 23.8 Å². The molecule has 0 N–H and O–H groups in total. The van der Waals surface area contributed by atoms with Crippen molar-refractivity contribution < 1.29 is 9.47 Å². The maximum Gasteiger partial charge on any atom is 0.124 e. The molecule has 0 aliphatic carbocycles. The average molecular weight is 324 g/mol. The highest BCUT2D eigenvalue weighted by Crippen LogP contribution is 2.29. The normalized spacial score (nSPS) is 18.6. The third-order valence-electron chi connectivity index (χ3n) is 4.73. The summed E-state index contributed by atoms with van der Waals surface area (Å²) in [6.45, 7) is 7.16. The van der Waals surface area contributed by atoms with Gasteiger partial charge < -0.3 is 14.4 Å². The summed E-state index contributed by atoms with van der Waals surface area (Å²) >= 11 is 0. The van der Waals surface area contributed by atoms with Crippen molar-refractivity contribution in [3.05, 3.63) is 59.7 Å². The van der Waals surface area contributed by atoms with Crippen molar-refractivity contribution >= 4 is 5.69 Å².